The van der Waals surface area contributed by atoms with Crippen molar-refractivity contribution in [1.82, 2.24) is 4.90 Å². The zero-order chi connectivity index (χ0) is 14.4. The Labute approximate surface area is 116 Å². The van der Waals surface area contributed by atoms with Crippen molar-refractivity contribution in [1.29, 1.82) is 0 Å². The second kappa shape index (κ2) is 7.29. The third-order valence-corrected chi connectivity index (χ3v) is 3.46. The predicted molar refractivity (Wildman–Crippen MR) is 79.2 cm³/mol. The van der Waals surface area contributed by atoms with E-state index in [0.717, 1.165) is 24.2 Å². The lowest BCUT2D eigenvalue weighted by Crippen LogP contribution is -2.29. The Morgan fingerprint density at radius 3 is 2.21 bits per heavy atom. The molecule has 0 unspecified atom stereocenters. The summed E-state index contributed by atoms with van der Waals surface area (Å²) in [5.41, 5.74) is 2.99. The van der Waals surface area contributed by atoms with Gasteiger partial charge in [0, 0.05) is 0 Å². The van der Waals surface area contributed by atoms with Gasteiger partial charge in [-0.05, 0) is 57.1 Å². The molecule has 0 saturated heterocycles. The summed E-state index contributed by atoms with van der Waals surface area (Å²) in [6.45, 7) is 12.9. The molecule has 1 aromatic rings. The lowest BCUT2D eigenvalue weighted by atomic mass is 10.0. The summed E-state index contributed by atoms with van der Waals surface area (Å²) in [6.07, 6.45) is 0. The first-order valence-electron chi connectivity index (χ1n) is 7.03. The quantitative estimate of drug-likeness (QED) is 0.707. The van der Waals surface area contributed by atoms with E-state index in [-0.39, 0.29) is 5.78 Å². The maximum absolute atomic E-state index is 12.4. The smallest absolute Gasteiger partial charge is 0.180 e. The lowest BCUT2D eigenvalue weighted by molar-refractivity contribution is 0.0933. The maximum Gasteiger partial charge on any atom is 0.180 e. The molecule has 3 nitrogen and oxygen atoms in total. The minimum absolute atomic E-state index is 0.134. The van der Waals surface area contributed by atoms with Crippen LogP contribution in [0.3, 0.4) is 0 Å². The Bertz CT molecular complexity index is 437. The zero-order valence-electron chi connectivity index (χ0n) is 12.7. The van der Waals surface area contributed by atoms with Crippen LogP contribution in [0.2, 0.25) is 0 Å². The highest BCUT2D eigenvalue weighted by Crippen LogP contribution is 2.24. The first-order chi connectivity index (χ1) is 9.03. The molecule has 0 saturated carbocycles. The molecular formula is C16H25NO2. The molecule has 0 aliphatic carbocycles. The van der Waals surface area contributed by atoms with Crippen molar-refractivity contribution < 1.29 is 9.53 Å². The van der Waals surface area contributed by atoms with Crippen molar-refractivity contribution in [3.05, 3.63) is 28.8 Å². The third-order valence-electron chi connectivity index (χ3n) is 3.46. The molecule has 0 bridgehead atoms. The number of nitrogens with zero attached hydrogens (tertiary/aromatic N) is 1. The number of ether oxygens (including phenoxy) is 1. The Morgan fingerprint density at radius 2 is 1.68 bits per heavy atom. The van der Waals surface area contributed by atoms with Crippen LogP contribution in [0.1, 0.15) is 42.3 Å². The number of Topliss-reactive ketones (excluding diaryl/α,β-unsaturated/α-hetero) is 1. The molecule has 0 amide bonds. The van der Waals surface area contributed by atoms with Crippen LogP contribution in [-0.4, -0.2) is 36.9 Å². The van der Waals surface area contributed by atoms with E-state index in [4.69, 9.17) is 4.74 Å². The highest BCUT2D eigenvalue weighted by Gasteiger charge is 2.16. The molecule has 0 fully saturated rings. The van der Waals surface area contributed by atoms with Gasteiger partial charge in [-0.1, -0.05) is 13.8 Å². The number of rotatable bonds is 7. The van der Waals surface area contributed by atoms with Crippen LogP contribution in [0.15, 0.2) is 12.1 Å². The van der Waals surface area contributed by atoms with Crippen molar-refractivity contribution in [3.8, 4) is 5.75 Å². The molecular weight excluding hydrogens is 238 g/mol. The first kappa shape index (κ1) is 15.7. The summed E-state index contributed by atoms with van der Waals surface area (Å²) in [5.74, 6) is 0.845. The Morgan fingerprint density at radius 1 is 1.11 bits per heavy atom. The molecule has 3 heteroatoms. The number of carbonyl (C=O) groups is 1. The Kier molecular flexibility index (Phi) is 6.03. The van der Waals surface area contributed by atoms with E-state index in [0.29, 0.717) is 24.5 Å². The van der Waals surface area contributed by atoms with Crippen LogP contribution < -0.4 is 4.74 Å². The predicted octanol–water partition coefficient (Wildman–Crippen LogP) is 3.23. The maximum atomic E-state index is 12.4. The van der Waals surface area contributed by atoms with E-state index in [1.165, 1.54) is 0 Å². The van der Waals surface area contributed by atoms with Crippen LogP contribution in [0.4, 0.5) is 0 Å². The minimum Gasteiger partial charge on any atom is -0.493 e. The van der Waals surface area contributed by atoms with Gasteiger partial charge in [0.25, 0.3) is 0 Å². The van der Waals surface area contributed by atoms with Gasteiger partial charge in [0.05, 0.1) is 18.7 Å². The van der Waals surface area contributed by atoms with Gasteiger partial charge in [-0.2, -0.15) is 0 Å². The van der Waals surface area contributed by atoms with Gasteiger partial charge in [-0.3, -0.25) is 9.69 Å². The molecule has 0 aromatic heterocycles. The molecule has 0 aliphatic rings. The van der Waals surface area contributed by atoms with Gasteiger partial charge in [-0.15, -0.1) is 0 Å². The molecule has 0 aliphatic heterocycles. The van der Waals surface area contributed by atoms with Crippen molar-refractivity contribution in [2.24, 2.45) is 0 Å². The van der Waals surface area contributed by atoms with Crippen LogP contribution in [0, 0.1) is 13.8 Å². The second-order valence-corrected chi connectivity index (χ2v) is 4.75. The van der Waals surface area contributed by atoms with Crippen LogP contribution in [0.5, 0.6) is 5.75 Å². The van der Waals surface area contributed by atoms with Crippen LogP contribution in [0.25, 0.3) is 0 Å². The SMILES string of the molecule is CCOc1cc(C)c(C)cc1C(=O)CN(CC)CC. The molecule has 1 rings (SSSR count). The molecule has 19 heavy (non-hydrogen) atoms. The Balaban J connectivity index is 3.03. The monoisotopic (exact) mass is 263 g/mol. The largest absolute Gasteiger partial charge is 0.493 e. The fourth-order valence-electron chi connectivity index (χ4n) is 2.02. The van der Waals surface area contributed by atoms with Gasteiger partial charge < -0.3 is 4.74 Å². The molecule has 0 radical (unpaired) electrons. The van der Waals surface area contributed by atoms with Gasteiger partial charge in [0.2, 0.25) is 0 Å². The number of hydrogen-bond acceptors (Lipinski definition) is 3. The van der Waals surface area contributed by atoms with Crippen LogP contribution >= 0.6 is 0 Å². The fraction of sp³-hybridized carbons (Fsp3) is 0.562. The summed E-state index contributed by atoms with van der Waals surface area (Å²) in [5, 5.41) is 0. The second-order valence-electron chi connectivity index (χ2n) is 4.75. The van der Waals surface area contributed by atoms with Crippen molar-refractivity contribution in [2.45, 2.75) is 34.6 Å². The highest BCUT2D eigenvalue weighted by molar-refractivity contribution is 6.00. The minimum atomic E-state index is 0.134. The molecule has 0 heterocycles. The summed E-state index contributed by atoms with van der Waals surface area (Å²) in [7, 11) is 0. The number of ketones is 1. The Hall–Kier alpha value is -1.35. The summed E-state index contributed by atoms with van der Waals surface area (Å²) < 4.78 is 5.60. The number of likely N-dealkylation sites (N-methyl/N-ethyl adjacent to an activating group) is 1. The average molecular weight is 263 g/mol. The lowest BCUT2D eigenvalue weighted by Gasteiger charge is -2.18. The van der Waals surface area contributed by atoms with Gasteiger partial charge >= 0.3 is 0 Å². The normalized spacial score (nSPS) is 10.8. The summed E-state index contributed by atoms with van der Waals surface area (Å²) in [4.78, 5) is 14.5. The number of benzene rings is 1. The van der Waals surface area contributed by atoms with E-state index in [1.807, 2.05) is 32.9 Å². The van der Waals surface area contributed by atoms with E-state index >= 15 is 0 Å². The topological polar surface area (TPSA) is 29.5 Å². The standard InChI is InChI=1S/C16H25NO2/c1-6-17(7-2)11-15(18)14-9-12(4)13(5)10-16(14)19-8-3/h9-10H,6-8,11H2,1-5H3. The molecule has 106 valence electrons. The van der Waals surface area contributed by atoms with Crippen molar-refractivity contribution in [2.75, 3.05) is 26.2 Å². The zero-order valence-corrected chi connectivity index (χ0v) is 12.7. The van der Waals surface area contributed by atoms with E-state index in [9.17, 15) is 4.79 Å². The fourth-order valence-corrected chi connectivity index (χ4v) is 2.02. The van der Waals surface area contributed by atoms with E-state index < -0.39 is 0 Å². The molecule has 0 N–H and O–H groups in total. The molecule has 0 atom stereocenters. The first-order valence-corrected chi connectivity index (χ1v) is 7.03. The number of carbonyl (C=O) groups excluding carboxylic acids is 1. The van der Waals surface area contributed by atoms with Gasteiger partial charge in [-0.25, -0.2) is 0 Å². The van der Waals surface area contributed by atoms with Crippen molar-refractivity contribution in [3.63, 3.8) is 0 Å². The van der Waals surface area contributed by atoms with Crippen LogP contribution in [-0.2, 0) is 0 Å². The molecule has 1 aromatic carbocycles. The highest BCUT2D eigenvalue weighted by atomic mass is 16.5. The van der Waals surface area contributed by atoms with E-state index in [1.54, 1.807) is 0 Å². The molecule has 0 spiro atoms. The van der Waals surface area contributed by atoms with Gasteiger partial charge in [0.1, 0.15) is 5.75 Å². The number of aryl methyl sites for hydroxylation is 2. The average Bonchev–Trinajstić information content (AvgIpc) is 2.39. The third kappa shape index (κ3) is 4.06. The number of hydrogen-bond donors (Lipinski definition) is 0. The summed E-state index contributed by atoms with van der Waals surface area (Å²) in [6, 6.07) is 3.92. The van der Waals surface area contributed by atoms with Gasteiger partial charge in [0.15, 0.2) is 5.78 Å². The summed E-state index contributed by atoms with van der Waals surface area (Å²) >= 11 is 0. The van der Waals surface area contributed by atoms with E-state index in [2.05, 4.69) is 18.7 Å². The van der Waals surface area contributed by atoms with Crippen molar-refractivity contribution >= 4 is 5.78 Å².